The van der Waals surface area contributed by atoms with Crippen LogP contribution in [0.3, 0.4) is 0 Å². The highest BCUT2D eigenvalue weighted by Crippen LogP contribution is 2.24. The zero-order valence-corrected chi connectivity index (χ0v) is 8.28. The van der Waals surface area contributed by atoms with Crippen LogP contribution in [-0.4, -0.2) is 23.6 Å². The summed E-state index contributed by atoms with van der Waals surface area (Å²) in [6, 6.07) is 0. The van der Waals surface area contributed by atoms with E-state index in [1.165, 1.54) is 5.54 Å². The SMILES string of the molecule is C[N+]1=CO/C(=C\Cl)C1(C)C.[Cl-]. The highest BCUT2D eigenvalue weighted by Gasteiger charge is 2.39. The standard InChI is InChI=1S/C7H11ClNO.ClH/c1-7(2)6(4-8)10-5-9(7)3;/h4-5H,1-3H3;1H/q+1;/p-1/b6-4-;. The average Bonchev–Trinajstić information content (AvgIpc) is 2.10. The van der Waals surface area contributed by atoms with Gasteiger partial charge in [-0.15, -0.1) is 0 Å². The summed E-state index contributed by atoms with van der Waals surface area (Å²) < 4.78 is 7.13. The molecule has 0 amide bonds. The molecular weight excluding hydrogens is 185 g/mol. The summed E-state index contributed by atoms with van der Waals surface area (Å²) >= 11 is 5.52. The van der Waals surface area contributed by atoms with Gasteiger partial charge < -0.3 is 17.1 Å². The van der Waals surface area contributed by atoms with E-state index in [1.54, 1.807) is 6.40 Å². The van der Waals surface area contributed by atoms with Crippen molar-refractivity contribution in [3.63, 3.8) is 0 Å². The van der Waals surface area contributed by atoms with Crippen molar-refractivity contribution in [1.82, 2.24) is 0 Å². The Morgan fingerprint density at radius 1 is 1.64 bits per heavy atom. The number of hydrogen-bond donors (Lipinski definition) is 0. The molecule has 1 aliphatic heterocycles. The highest BCUT2D eigenvalue weighted by molar-refractivity contribution is 6.25. The van der Waals surface area contributed by atoms with Crippen LogP contribution in [0.15, 0.2) is 11.3 Å². The maximum Gasteiger partial charge on any atom is 0.329 e. The number of nitrogens with zero attached hydrogens (tertiary/aromatic N) is 1. The van der Waals surface area contributed by atoms with E-state index in [9.17, 15) is 0 Å². The van der Waals surface area contributed by atoms with Gasteiger partial charge >= 0.3 is 6.40 Å². The molecule has 0 saturated carbocycles. The number of ether oxygens (including phenoxy) is 1. The van der Waals surface area contributed by atoms with Crippen LogP contribution in [0.2, 0.25) is 0 Å². The summed E-state index contributed by atoms with van der Waals surface area (Å²) in [5.41, 5.74) is 1.38. The molecule has 0 aromatic rings. The zero-order valence-electron chi connectivity index (χ0n) is 6.77. The van der Waals surface area contributed by atoms with Gasteiger partial charge in [0.05, 0.1) is 5.54 Å². The Bertz CT molecular complexity index is 208. The molecule has 4 heteroatoms. The molecule has 1 aliphatic rings. The maximum atomic E-state index is 5.52. The third-order valence-corrected chi connectivity index (χ3v) is 2.12. The summed E-state index contributed by atoms with van der Waals surface area (Å²) in [5, 5.41) is 0. The van der Waals surface area contributed by atoms with E-state index >= 15 is 0 Å². The minimum Gasteiger partial charge on any atom is -1.00 e. The van der Waals surface area contributed by atoms with E-state index in [1.807, 2.05) is 25.5 Å². The van der Waals surface area contributed by atoms with E-state index in [-0.39, 0.29) is 17.9 Å². The van der Waals surface area contributed by atoms with Gasteiger partial charge in [0.15, 0.2) is 5.76 Å². The molecule has 0 aliphatic carbocycles. The van der Waals surface area contributed by atoms with Crippen molar-refractivity contribution >= 4 is 18.0 Å². The van der Waals surface area contributed by atoms with Gasteiger partial charge in [-0.3, -0.25) is 0 Å². The Morgan fingerprint density at radius 2 is 2.18 bits per heavy atom. The Morgan fingerprint density at radius 3 is 2.36 bits per heavy atom. The molecule has 2 nitrogen and oxygen atoms in total. The minimum absolute atomic E-state index is 0. The molecule has 0 saturated heterocycles. The number of halogens is 2. The Hall–Kier alpha value is -0.210. The first-order valence-electron chi connectivity index (χ1n) is 3.13. The molecule has 0 aromatic heterocycles. The van der Waals surface area contributed by atoms with Gasteiger partial charge in [0, 0.05) is 13.8 Å². The molecule has 1 rings (SSSR count). The smallest absolute Gasteiger partial charge is 0.329 e. The van der Waals surface area contributed by atoms with Crippen molar-refractivity contribution in [2.24, 2.45) is 0 Å². The topological polar surface area (TPSA) is 12.2 Å². The summed E-state index contributed by atoms with van der Waals surface area (Å²) in [6.07, 6.45) is 1.66. The first-order valence-corrected chi connectivity index (χ1v) is 3.56. The van der Waals surface area contributed by atoms with Crippen LogP contribution in [0.4, 0.5) is 0 Å². The van der Waals surface area contributed by atoms with Crippen LogP contribution in [0.5, 0.6) is 0 Å². The van der Waals surface area contributed by atoms with Crippen LogP contribution >= 0.6 is 11.6 Å². The van der Waals surface area contributed by atoms with Gasteiger partial charge in [0.25, 0.3) is 0 Å². The predicted octanol–water partition coefficient (Wildman–Crippen LogP) is -1.45. The maximum absolute atomic E-state index is 5.52. The van der Waals surface area contributed by atoms with Crippen molar-refractivity contribution < 1.29 is 21.7 Å². The molecule has 0 bridgehead atoms. The summed E-state index contributed by atoms with van der Waals surface area (Å²) in [5.74, 6) is 0.789. The predicted molar refractivity (Wildman–Crippen MR) is 41.3 cm³/mol. The molecule has 0 N–H and O–H groups in total. The highest BCUT2D eigenvalue weighted by atomic mass is 35.5. The van der Waals surface area contributed by atoms with Crippen molar-refractivity contribution in [2.45, 2.75) is 19.4 Å². The molecule has 1 heterocycles. The number of hydrogen-bond acceptors (Lipinski definition) is 1. The van der Waals surface area contributed by atoms with Crippen molar-refractivity contribution in [2.75, 3.05) is 7.05 Å². The Labute approximate surface area is 77.9 Å². The lowest BCUT2D eigenvalue weighted by Crippen LogP contribution is -3.00. The zero-order chi connectivity index (χ0) is 7.78. The van der Waals surface area contributed by atoms with Crippen LogP contribution in [0, 0.1) is 0 Å². The second kappa shape index (κ2) is 3.46. The van der Waals surface area contributed by atoms with Crippen molar-refractivity contribution in [1.29, 1.82) is 0 Å². The van der Waals surface area contributed by atoms with Crippen LogP contribution in [-0.2, 0) is 4.74 Å². The first-order chi connectivity index (χ1) is 4.59. The van der Waals surface area contributed by atoms with E-state index in [0.29, 0.717) is 0 Å². The Kier molecular flexibility index (Phi) is 3.39. The summed E-state index contributed by atoms with van der Waals surface area (Å²) in [7, 11) is 1.95. The van der Waals surface area contributed by atoms with Gasteiger partial charge in [0.1, 0.15) is 7.05 Å². The summed E-state index contributed by atoms with van der Waals surface area (Å²) in [4.78, 5) is 0. The van der Waals surface area contributed by atoms with Gasteiger partial charge in [-0.05, 0) is 0 Å². The van der Waals surface area contributed by atoms with Gasteiger partial charge in [-0.2, -0.15) is 4.58 Å². The molecule has 0 atom stereocenters. The fourth-order valence-electron chi connectivity index (χ4n) is 0.745. The van der Waals surface area contributed by atoms with E-state index in [0.717, 1.165) is 5.76 Å². The molecule has 0 aromatic carbocycles. The molecule has 11 heavy (non-hydrogen) atoms. The summed E-state index contributed by atoms with van der Waals surface area (Å²) in [6.45, 7) is 4.09. The van der Waals surface area contributed by atoms with E-state index in [4.69, 9.17) is 16.3 Å². The molecule has 0 spiro atoms. The fraction of sp³-hybridized carbons (Fsp3) is 0.571. The van der Waals surface area contributed by atoms with E-state index in [2.05, 4.69) is 0 Å². The third kappa shape index (κ3) is 1.68. The lowest BCUT2D eigenvalue weighted by Gasteiger charge is -2.11. The number of likely N-dealkylation sites (N-methyl/N-ethyl adjacent to an activating group) is 1. The second-order valence-electron chi connectivity index (χ2n) is 2.87. The molecule has 64 valence electrons. The molecule has 0 unspecified atom stereocenters. The van der Waals surface area contributed by atoms with Crippen LogP contribution in [0.25, 0.3) is 0 Å². The quantitative estimate of drug-likeness (QED) is 0.432. The number of rotatable bonds is 0. The first kappa shape index (κ1) is 10.8. The van der Waals surface area contributed by atoms with Gasteiger partial charge in [-0.1, -0.05) is 11.6 Å². The lowest BCUT2D eigenvalue weighted by molar-refractivity contribution is -0.553. The fourth-order valence-corrected chi connectivity index (χ4v) is 1.06. The molecule has 0 radical (unpaired) electrons. The van der Waals surface area contributed by atoms with Gasteiger partial charge in [-0.25, -0.2) is 0 Å². The van der Waals surface area contributed by atoms with Crippen molar-refractivity contribution in [3.05, 3.63) is 11.3 Å². The molecular formula is C7H11Cl2NO. The van der Waals surface area contributed by atoms with Crippen LogP contribution in [0.1, 0.15) is 13.8 Å². The Balaban J connectivity index is 0.000001000. The van der Waals surface area contributed by atoms with Gasteiger partial charge in [0.2, 0.25) is 5.54 Å². The largest absolute Gasteiger partial charge is 1.00 e. The second-order valence-corrected chi connectivity index (χ2v) is 3.08. The van der Waals surface area contributed by atoms with Crippen molar-refractivity contribution in [3.8, 4) is 0 Å². The molecule has 0 fully saturated rings. The normalized spacial score (nSPS) is 24.0. The minimum atomic E-state index is -0.0955. The lowest BCUT2D eigenvalue weighted by atomic mass is 10.0. The van der Waals surface area contributed by atoms with Crippen LogP contribution < -0.4 is 12.4 Å². The average molecular weight is 196 g/mol. The third-order valence-electron chi connectivity index (χ3n) is 1.92. The van der Waals surface area contributed by atoms with E-state index < -0.39 is 0 Å². The monoisotopic (exact) mass is 195 g/mol.